The molecule has 0 spiro atoms. The molecular weight excluding hydrogens is 660 g/mol. The van der Waals surface area contributed by atoms with Crippen LogP contribution in [0.1, 0.15) is 91.9 Å². The van der Waals surface area contributed by atoms with Crippen LogP contribution in [0.2, 0.25) is 18.1 Å². The van der Waals surface area contributed by atoms with Gasteiger partial charge in [0.25, 0.3) is 0 Å². The fourth-order valence-electron chi connectivity index (χ4n) is 9.62. The molecule has 0 amide bonds. The Labute approximate surface area is 296 Å². The molecule has 0 saturated heterocycles. The SMILES string of the molecule is CC[Si](CC)(CC)OC1C[C@H](OC(C)=O)[C@@](O)(CO)C2[C@H](CC(=O)c3ccccc3)[C@]3(O)C[C@H](O)C(C)=C([C@@H](OC(C)=O)C(=O)[C@]12C)C3(C)C. The van der Waals surface area contributed by atoms with Crippen LogP contribution in [0.3, 0.4) is 0 Å². The van der Waals surface area contributed by atoms with Crippen LogP contribution in [0.15, 0.2) is 41.5 Å². The number of carbonyl (C=O) groups excluding carboxylic acids is 4. The molecule has 2 fully saturated rings. The molecule has 0 aliphatic heterocycles. The topological polar surface area (TPSA) is 177 Å². The van der Waals surface area contributed by atoms with E-state index in [2.05, 4.69) is 0 Å². The first kappa shape index (κ1) is 40.0. The summed E-state index contributed by atoms with van der Waals surface area (Å²) >= 11 is 0. The number of carbonyl (C=O) groups is 4. The molecule has 4 rings (SSSR count). The second kappa shape index (κ2) is 14.3. The van der Waals surface area contributed by atoms with Crippen LogP contribution in [-0.2, 0) is 28.3 Å². The zero-order valence-electron chi connectivity index (χ0n) is 30.9. The minimum Gasteiger partial charge on any atom is -0.459 e. The maximum Gasteiger partial charge on any atom is 0.303 e. The Morgan fingerprint density at radius 1 is 0.920 bits per heavy atom. The molecule has 11 nitrogen and oxygen atoms in total. The van der Waals surface area contributed by atoms with Crippen molar-refractivity contribution in [3.8, 4) is 0 Å². The molecule has 278 valence electrons. The van der Waals surface area contributed by atoms with Crippen LogP contribution in [0.5, 0.6) is 0 Å². The van der Waals surface area contributed by atoms with Gasteiger partial charge in [0.2, 0.25) is 0 Å². The van der Waals surface area contributed by atoms with Crippen molar-refractivity contribution in [2.75, 3.05) is 6.61 Å². The molecule has 9 atom stereocenters. The van der Waals surface area contributed by atoms with Gasteiger partial charge in [-0.1, -0.05) is 65.0 Å². The van der Waals surface area contributed by atoms with Gasteiger partial charge in [-0.05, 0) is 43.1 Å². The molecule has 0 aromatic heterocycles. The number of ketones is 2. The molecular formula is C38H56O11Si. The number of aliphatic hydroxyl groups excluding tert-OH is 2. The third kappa shape index (κ3) is 6.34. The Kier molecular flexibility index (Phi) is 11.5. The predicted octanol–water partition coefficient (Wildman–Crippen LogP) is 4.30. The van der Waals surface area contributed by atoms with Gasteiger partial charge in [0.1, 0.15) is 11.7 Å². The number of rotatable bonds is 11. The number of esters is 2. The molecule has 2 bridgehead atoms. The first-order valence-corrected chi connectivity index (χ1v) is 20.4. The number of hydrogen-bond acceptors (Lipinski definition) is 11. The summed E-state index contributed by atoms with van der Waals surface area (Å²) in [6.07, 6.45) is -6.26. The molecule has 1 aromatic rings. The van der Waals surface area contributed by atoms with E-state index >= 15 is 4.79 Å². The van der Waals surface area contributed by atoms with Crippen molar-refractivity contribution in [3.63, 3.8) is 0 Å². The Morgan fingerprint density at radius 2 is 1.48 bits per heavy atom. The van der Waals surface area contributed by atoms with Crippen LogP contribution < -0.4 is 0 Å². The zero-order chi connectivity index (χ0) is 37.6. The second-order valence-corrected chi connectivity index (χ2v) is 20.1. The molecule has 3 aliphatic rings. The summed E-state index contributed by atoms with van der Waals surface area (Å²) in [4.78, 5) is 55.3. The highest BCUT2D eigenvalue weighted by molar-refractivity contribution is 6.73. The van der Waals surface area contributed by atoms with E-state index in [0.29, 0.717) is 29.3 Å². The third-order valence-electron chi connectivity index (χ3n) is 12.7. The summed E-state index contributed by atoms with van der Waals surface area (Å²) in [5.41, 5.74) is -6.79. The van der Waals surface area contributed by atoms with E-state index in [9.17, 15) is 34.8 Å². The molecule has 12 heteroatoms. The number of fused-ring (bicyclic) bond motifs is 3. The van der Waals surface area contributed by atoms with E-state index in [1.54, 1.807) is 58.0 Å². The maximum atomic E-state index is 15.6. The molecule has 2 saturated carbocycles. The molecule has 2 unspecified atom stereocenters. The van der Waals surface area contributed by atoms with Crippen molar-refractivity contribution in [2.45, 2.75) is 135 Å². The molecule has 3 aliphatic carbocycles. The summed E-state index contributed by atoms with van der Waals surface area (Å²) in [6.45, 7) is 14.0. The smallest absolute Gasteiger partial charge is 0.303 e. The minimum absolute atomic E-state index is 0.182. The van der Waals surface area contributed by atoms with Gasteiger partial charge in [0.05, 0.1) is 29.8 Å². The van der Waals surface area contributed by atoms with Crippen molar-refractivity contribution >= 4 is 31.8 Å². The number of benzene rings is 1. The normalized spacial score (nSPS) is 35.4. The van der Waals surface area contributed by atoms with Gasteiger partial charge in [-0.2, -0.15) is 0 Å². The standard InChI is InChI=1S/C38H56O11Si/c1-10-50(11-2,12-3)49-29-19-30(47-23(5)40)37(45,21-39)33-26(18-27(42)25-16-14-13-15-17-25)38(46)20-28(43)22(4)31(35(38,7)8)32(48-24(6)41)34(44)36(29,33)9/h13-17,26,28-30,32-33,39,43,45-46H,10-12,18-21H2,1-9H3/t26-,28-,29?,30-,32+,33?,36+,37-,38+/m0/s1. The lowest BCUT2D eigenvalue weighted by molar-refractivity contribution is -0.273. The summed E-state index contributed by atoms with van der Waals surface area (Å²) < 4.78 is 18.8. The average molecular weight is 717 g/mol. The molecule has 1 aromatic carbocycles. The number of Topliss-reactive ketones (excluding diaryl/α,β-unsaturated/α-hetero) is 2. The largest absolute Gasteiger partial charge is 0.459 e. The van der Waals surface area contributed by atoms with Crippen molar-refractivity contribution in [1.82, 2.24) is 0 Å². The summed E-state index contributed by atoms with van der Waals surface area (Å²) in [6, 6.07) is 10.5. The van der Waals surface area contributed by atoms with E-state index < -0.39 is 103 Å². The van der Waals surface area contributed by atoms with E-state index in [1.165, 1.54) is 13.8 Å². The van der Waals surface area contributed by atoms with Crippen molar-refractivity contribution in [3.05, 3.63) is 47.0 Å². The molecule has 50 heavy (non-hydrogen) atoms. The Morgan fingerprint density at radius 3 is 1.98 bits per heavy atom. The number of hydrogen-bond donors (Lipinski definition) is 4. The highest BCUT2D eigenvalue weighted by atomic mass is 28.4. The van der Waals surface area contributed by atoms with Crippen LogP contribution in [0.25, 0.3) is 0 Å². The van der Waals surface area contributed by atoms with Gasteiger partial charge in [0, 0.05) is 55.9 Å². The van der Waals surface area contributed by atoms with E-state index in [4.69, 9.17) is 13.9 Å². The summed E-state index contributed by atoms with van der Waals surface area (Å²) in [7, 11) is -2.60. The van der Waals surface area contributed by atoms with Gasteiger partial charge in [-0.25, -0.2) is 0 Å². The highest BCUT2D eigenvalue weighted by Gasteiger charge is 2.74. The first-order chi connectivity index (χ1) is 23.2. The van der Waals surface area contributed by atoms with Crippen molar-refractivity contribution in [2.24, 2.45) is 22.7 Å². The van der Waals surface area contributed by atoms with Gasteiger partial charge >= 0.3 is 11.9 Å². The lowest BCUT2D eigenvalue weighted by Gasteiger charge is -2.66. The molecule has 0 heterocycles. The Hall–Kier alpha value is -2.74. The monoisotopic (exact) mass is 716 g/mol. The molecule has 0 radical (unpaired) electrons. The zero-order valence-corrected chi connectivity index (χ0v) is 31.9. The Bertz CT molecular complexity index is 1490. The Balaban J connectivity index is 2.18. The summed E-state index contributed by atoms with van der Waals surface area (Å²) in [5, 5.41) is 48.9. The van der Waals surface area contributed by atoms with Gasteiger partial charge < -0.3 is 34.3 Å². The predicted molar refractivity (Wildman–Crippen MR) is 187 cm³/mol. The first-order valence-electron chi connectivity index (χ1n) is 17.8. The van der Waals surface area contributed by atoms with Crippen LogP contribution in [0, 0.1) is 22.7 Å². The van der Waals surface area contributed by atoms with Crippen molar-refractivity contribution in [1.29, 1.82) is 0 Å². The van der Waals surface area contributed by atoms with Gasteiger partial charge in [-0.3, -0.25) is 19.2 Å². The maximum absolute atomic E-state index is 15.6. The van der Waals surface area contributed by atoms with Crippen LogP contribution >= 0.6 is 0 Å². The van der Waals surface area contributed by atoms with E-state index in [1.807, 2.05) is 20.8 Å². The van der Waals surface area contributed by atoms with E-state index in [-0.39, 0.29) is 18.4 Å². The fourth-order valence-corrected chi connectivity index (χ4v) is 12.6. The van der Waals surface area contributed by atoms with Gasteiger partial charge in [-0.15, -0.1) is 0 Å². The van der Waals surface area contributed by atoms with Crippen LogP contribution in [0.4, 0.5) is 0 Å². The highest BCUT2D eigenvalue weighted by Crippen LogP contribution is 2.64. The molecule has 4 N–H and O–H groups in total. The lowest BCUT2D eigenvalue weighted by atomic mass is 9.42. The fraction of sp³-hybridized carbons (Fsp3) is 0.684. The second-order valence-electron chi connectivity index (χ2n) is 15.4. The summed E-state index contributed by atoms with van der Waals surface area (Å²) in [5.74, 6) is -5.40. The van der Waals surface area contributed by atoms with E-state index in [0.717, 1.165) is 0 Å². The average Bonchev–Trinajstić information content (AvgIpc) is 3.06. The van der Waals surface area contributed by atoms with Gasteiger partial charge in [0.15, 0.2) is 26.0 Å². The lowest BCUT2D eigenvalue weighted by Crippen LogP contribution is -2.76. The quantitative estimate of drug-likeness (QED) is 0.111. The van der Waals surface area contributed by atoms with Crippen LogP contribution in [-0.4, -0.2) is 94.5 Å². The minimum atomic E-state index is -2.60. The number of ether oxygens (including phenoxy) is 2. The third-order valence-corrected chi connectivity index (χ3v) is 17.4. The number of aliphatic hydroxyl groups is 4. The van der Waals surface area contributed by atoms with Crippen molar-refractivity contribution < 1.29 is 53.5 Å².